The highest BCUT2D eigenvalue weighted by atomic mass is 19.1. The number of aliphatic hydroxyl groups is 1. The minimum Gasteiger partial charge on any atom is -0.418 e. The largest absolute Gasteiger partial charge is 0.418 e. The minimum atomic E-state index is -0.866. The molecular formula is C22H24F2N8O2. The molecule has 12 heteroatoms. The molecule has 34 heavy (non-hydrogen) atoms. The number of aryl methyl sites for hydroxylation is 1. The Bertz CT molecular complexity index is 1330. The quantitative estimate of drug-likeness (QED) is 0.340. The summed E-state index contributed by atoms with van der Waals surface area (Å²) in [4.78, 5) is 15.9. The van der Waals surface area contributed by atoms with Crippen molar-refractivity contribution in [2.75, 3.05) is 43.4 Å². The van der Waals surface area contributed by atoms with Gasteiger partial charge in [-0.1, -0.05) is 0 Å². The number of hydrogen-bond donors (Lipinski definition) is 4. The summed E-state index contributed by atoms with van der Waals surface area (Å²) in [7, 11) is 2.04. The summed E-state index contributed by atoms with van der Waals surface area (Å²) in [5, 5.41) is 19.3. The number of likely N-dealkylation sites (N-methyl/N-ethyl adjacent to an activating group) is 1. The molecule has 3 aromatic heterocycles. The van der Waals surface area contributed by atoms with Crippen LogP contribution in [-0.2, 0) is 6.61 Å². The zero-order valence-electron chi connectivity index (χ0n) is 18.7. The Hall–Kier alpha value is -3.77. The van der Waals surface area contributed by atoms with Gasteiger partial charge in [0.2, 0.25) is 5.75 Å². The fourth-order valence-electron chi connectivity index (χ4n) is 3.87. The molecule has 0 atom stereocenters. The van der Waals surface area contributed by atoms with Crippen LogP contribution in [-0.4, -0.2) is 68.4 Å². The molecule has 178 valence electrons. The zero-order chi connectivity index (χ0) is 23.8. The number of aromatic nitrogens is 5. The SMILES string of the molecule is Cc1cc2c(F)c(Oc3nc(Nc4cc(CO)[nH]n4)cc(N4CCN(C)CC4)n3)c(F)cc2[nH]1. The Balaban J connectivity index is 1.51. The first kappa shape index (κ1) is 22.0. The van der Waals surface area contributed by atoms with Crippen molar-refractivity contribution in [1.82, 2.24) is 30.0 Å². The zero-order valence-corrected chi connectivity index (χ0v) is 18.7. The van der Waals surface area contributed by atoms with Gasteiger partial charge in [-0.25, -0.2) is 8.78 Å². The monoisotopic (exact) mass is 470 g/mol. The van der Waals surface area contributed by atoms with E-state index in [0.717, 1.165) is 26.2 Å². The summed E-state index contributed by atoms with van der Waals surface area (Å²) in [6, 6.07) is 5.91. The van der Waals surface area contributed by atoms with Crippen LogP contribution in [0.2, 0.25) is 0 Å². The van der Waals surface area contributed by atoms with Gasteiger partial charge >= 0.3 is 6.01 Å². The molecule has 0 radical (unpaired) electrons. The highest BCUT2D eigenvalue weighted by molar-refractivity contribution is 5.83. The Morgan fingerprint density at radius 1 is 1.09 bits per heavy atom. The third kappa shape index (κ3) is 4.37. The second kappa shape index (κ2) is 8.88. The van der Waals surface area contributed by atoms with Gasteiger partial charge in [0, 0.05) is 55.5 Å². The predicted octanol–water partition coefficient (Wildman–Crippen LogP) is 3.05. The van der Waals surface area contributed by atoms with Crippen molar-refractivity contribution in [1.29, 1.82) is 0 Å². The lowest BCUT2D eigenvalue weighted by atomic mass is 10.2. The number of aliphatic hydroxyl groups excluding tert-OH is 1. The maximum atomic E-state index is 15.1. The number of fused-ring (bicyclic) bond motifs is 1. The number of hydrogen-bond acceptors (Lipinski definition) is 8. The molecule has 0 amide bonds. The van der Waals surface area contributed by atoms with Crippen molar-refractivity contribution in [2.45, 2.75) is 13.5 Å². The molecule has 4 aromatic rings. The molecule has 1 saturated heterocycles. The van der Waals surface area contributed by atoms with Crippen LogP contribution in [0, 0.1) is 18.6 Å². The number of halogens is 2. The smallest absolute Gasteiger partial charge is 0.326 e. The van der Waals surface area contributed by atoms with Gasteiger partial charge in [-0.3, -0.25) is 5.10 Å². The van der Waals surface area contributed by atoms with Crippen molar-refractivity contribution in [3.8, 4) is 11.8 Å². The van der Waals surface area contributed by atoms with Gasteiger partial charge in [-0.2, -0.15) is 15.1 Å². The van der Waals surface area contributed by atoms with Crippen LogP contribution in [0.15, 0.2) is 24.3 Å². The number of H-pyrrole nitrogens is 2. The van der Waals surface area contributed by atoms with Crippen molar-refractivity contribution in [3.63, 3.8) is 0 Å². The van der Waals surface area contributed by atoms with E-state index < -0.39 is 17.4 Å². The number of rotatable bonds is 6. The van der Waals surface area contributed by atoms with Crippen LogP contribution in [0.3, 0.4) is 0 Å². The molecule has 4 heterocycles. The molecule has 0 spiro atoms. The fourth-order valence-corrected chi connectivity index (χ4v) is 3.87. The fraction of sp³-hybridized carbons (Fsp3) is 0.318. The molecule has 1 fully saturated rings. The molecular weight excluding hydrogens is 446 g/mol. The predicted molar refractivity (Wildman–Crippen MR) is 123 cm³/mol. The van der Waals surface area contributed by atoms with Gasteiger partial charge in [0.25, 0.3) is 0 Å². The third-order valence-corrected chi connectivity index (χ3v) is 5.68. The van der Waals surface area contributed by atoms with Crippen LogP contribution in [0.5, 0.6) is 11.8 Å². The van der Waals surface area contributed by atoms with E-state index in [1.807, 2.05) is 7.05 Å². The summed E-state index contributed by atoms with van der Waals surface area (Å²) in [5.74, 6) is -0.973. The summed E-state index contributed by atoms with van der Waals surface area (Å²) in [6.07, 6.45) is 0. The molecule has 1 aromatic carbocycles. The van der Waals surface area contributed by atoms with Crippen molar-refractivity contribution < 1.29 is 18.6 Å². The minimum absolute atomic E-state index is 0.195. The normalized spacial score (nSPS) is 14.7. The highest BCUT2D eigenvalue weighted by Gasteiger charge is 2.22. The number of nitrogens with zero attached hydrogens (tertiary/aromatic N) is 5. The van der Waals surface area contributed by atoms with E-state index in [4.69, 9.17) is 4.74 Å². The highest BCUT2D eigenvalue weighted by Crippen LogP contribution is 2.33. The first-order chi connectivity index (χ1) is 16.4. The summed E-state index contributed by atoms with van der Waals surface area (Å²) >= 11 is 0. The Morgan fingerprint density at radius 3 is 2.62 bits per heavy atom. The maximum Gasteiger partial charge on any atom is 0.326 e. The standard InChI is InChI=1S/C22H24F2N8O2/c1-12-7-14-16(25-12)9-15(23)21(20(14)24)34-22-27-17(26-18-8-13(11-33)29-30-18)10-19(28-22)32-5-3-31(2)4-6-32/h7-10,25,33H,3-6,11H2,1-2H3,(H2,26,27,28,29,30). The van der Waals surface area contributed by atoms with E-state index in [9.17, 15) is 9.50 Å². The number of piperazine rings is 1. The molecule has 1 aliphatic heterocycles. The maximum absolute atomic E-state index is 15.1. The number of benzene rings is 1. The van der Waals surface area contributed by atoms with Gasteiger partial charge in [-0.15, -0.1) is 0 Å². The number of anilines is 3. The lowest BCUT2D eigenvalue weighted by Crippen LogP contribution is -2.44. The number of aromatic amines is 2. The molecule has 0 aliphatic carbocycles. The topological polar surface area (TPSA) is 118 Å². The molecule has 4 N–H and O–H groups in total. The molecule has 10 nitrogen and oxygen atoms in total. The Morgan fingerprint density at radius 2 is 1.88 bits per heavy atom. The first-order valence-electron chi connectivity index (χ1n) is 10.8. The van der Waals surface area contributed by atoms with Crippen molar-refractivity contribution in [2.24, 2.45) is 0 Å². The lowest BCUT2D eigenvalue weighted by Gasteiger charge is -2.33. The number of ether oxygens (including phenoxy) is 1. The second-order valence-corrected chi connectivity index (χ2v) is 8.26. The van der Waals surface area contributed by atoms with Gasteiger partial charge in [0.1, 0.15) is 11.6 Å². The van der Waals surface area contributed by atoms with E-state index in [1.54, 1.807) is 25.1 Å². The Labute approximate surface area is 193 Å². The van der Waals surface area contributed by atoms with Crippen LogP contribution in [0.4, 0.5) is 26.2 Å². The molecule has 5 rings (SSSR count). The van der Waals surface area contributed by atoms with Crippen LogP contribution >= 0.6 is 0 Å². The third-order valence-electron chi connectivity index (χ3n) is 5.68. The molecule has 0 saturated carbocycles. The van der Waals surface area contributed by atoms with Gasteiger partial charge < -0.3 is 29.9 Å². The summed E-state index contributed by atoms with van der Waals surface area (Å²) in [5.41, 5.74) is 1.56. The van der Waals surface area contributed by atoms with Gasteiger partial charge in [0.05, 0.1) is 17.8 Å². The summed E-state index contributed by atoms with van der Waals surface area (Å²) < 4.78 is 35.4. The van der Waals surface area contributed by atoms with Gasteiger partial charge in [-0.05, 0) is 20.0 Å². The van der Waals surface area contributed by atoms with E-state index in [1.165, 1.54) is 6.07 Å². The van der Waals surface area contributed by atoms with Crippen molar-refractivity contribution in [3.05, 3.63) is 47.3 Å². The van der Waals surface area contributed by atoms with E-state index >= 15 is 4.39 Å². The van der Waals surface area contributed by atoms with Crippen LogP contribution in [0.25, 0.3) is 10.9 Å². The second-order valence-electron chi connectivity index (χ2n) is 8.26. The van der Waals surface area contributed by atoms with Gasteiger partial charge in [0.15, 0.2) is 17.5 Å². The molecule has 0 bridgehead atoms. The van der Waals surface area contributed by atoms with Crippen LogP contribution in [0.1, 0.15) is 11.4 Å². The summed E-state index contributed by atoms with van der Waals surface area (Å²) in [6.45, 7) is 4.69. The van der Waals surface area contributed by atoms with E-state index in [-0.39, 0.29) is 18.0 Å². The lowest BCUT2D eigenvalue weighted by molar-refractivity contribution is 0.276. The average Bonchev–Trinajstić information content (AvgIpc) is 3.42. The molecule has 1 aliphatic rings. The Kier molecular flexibility index (Phi) is 5.75. The first-order valence-corrected chi connectivity index (χ1v) is 10.8. The van der Waals surface area contributed by atoms with E-state index in [2.05, 4.69) is 40.3 Å². The average molecular weight is 470 g/mol. The number of nitrogens with one attached hydrogen (secondary N) is 3. The molecule has 0 unspecified atom stereocenters. The van der Waals surface area contributed by atoms with E-state index in [0.29, 0.717) is 34.4 Å². The van der Waals surface area contributed by atoms with Crippen molar-refractivity contribution >= 4 is 28.4 Å². The van der Waals surface area contributed by atoms with Crippen LogP contribution < -0.4 is 15.0 Å².